The molecule has 1 N–H and O–H groups in total. The summed E-state index contributed by atoms with van der Waals surface area (Å²) in [5.41, 5.74) is 6.74. The van der Waals surface area contributed by atoms with Gasteiger partial charge in [0.2, 0.25) is 5.91 Å². The van der Waals surface area contributed by atoms with E-state index < -0.39 is 11.8 Å². The van der Waals surface area contributed by atoms with Gasteiger partial charge in [0.15, 0.2) is 5.78 Å². The van der Waals surface area contributed by atoms with Crippen LogP contribution in [-0.4, -0.2) is 11.7 Å². The van der Waals surface area contributed by atoms with E-state index >= 15 is 0 Å². The highest BCUT2D eigenvalue weighted by atomic mass is 16.2. The number of amides is 1. The number of carbonyl (C=O) groups is 2. The molecule has 0 aromatic carbocycles. The highest BCUT2D eigenvalue weighted by Crippen LogP contribution is 2.07. The normalized spacial score (nSPS) is 12.1. The van der Waals surface area contributed by atoms with Crippen LogP contribution >= 0.6 is 0 Å². The van der Waals surface area contributed by atoms with Crippen LogP contribution in [0.5, 0.6) is 0 Å². The molecule has 0 bridgehead atoms. The quantitative estimate of drug-likeness (QED) is 0.433. The molecule has 0 aliphatic heterocycles. The van der Waals surface area contributed by atoms with Gasteiger partial charge in [-0.3, -0.25) is 15.3 Å². The van der Waals surface area contributed by atoms with E-state index in [0.717, 1.165) is 6.08 Å². The molecule has 11 heavy (non-hydrogen) atoms. The maximum Gasteiger partial charge on any atom is 0.249 e. The minimum atomic E-state index is -0.849. The van der Waals surface area contributed by atoms with Crippen molar-refractivity contribution in [2.75, 3.05) is 0 Å². The predicted molar refractivity (Wildman–Crippen MR) is 41.4 cm³/mol. The topological polar surface area (TPSA) is 57.9 Å². The van der Waals surface area contributed by atoms with E-state index in [0.29, 0.717) is 12.8 Å². The lowest BCUT2D eigenvalue weighted by Crippen LogP contribution is -2.22. The summed E-state index contributed by atoms with van der Waals surface area (Å²) >= 11 is 0. The smallest absolute Gasteiger partial charge is 0.249 e. The lowest BCUT2D eigenvalue weighted by Gasteiger charge is -2.05. The summed E-state index contributed by atoms with van der Waals surface area (Å²) in [6, 6.07) is 0. The first-order chi connectivity index (χ1) is 5.13. The van der Waals surface area contributed by atoms with Gasteiger partial charge in [0.1, 0.15) is 5.92 Å². The maximum atomic E-state index is 10.9. The molecule has 0 aliphatic carbocycles. The number of hydrogen-bond donors (Lipinski definition) is 0. The highest BCUT2D eigenvalue weighted by molar-refractivity contribution is 6.05. The Kier molecular flexibility index (Phi) is 4.18. The fraction of sp³-hybridized carbons (Fsp3) is 0.375. The summed E-state index contributed by atoms with van der Waals surface area (Å²) in [4.78, 5) is 21.4. The van der Waals surface area contributed by atoms with Crippen LogP contribution in [0.25, 0.3) is 0 Å². The molecular weight excluding hydrogens is 142 g/mol. The fourth-order valence-electron chi connectivity index (χ4n) is 0.749. The van der Waals surface area contributed by atoms with Gasteiger partial charge < -0.3 is 0 Å². The van der Waals surface area contributed by atoms with Crippen molar-refractivity contribution in [1.82, 2.24) is 5.73 Å². The minimum absolute atomic E-state index is 0.340. The zero-order valence-electron chi connectivity index (χ0n) is 6.30. The van der Waals surface area contributed by atoms with Gasteiger partial charge in [-0.1, -0.05) is 19.9 Å². The third-order valence-electron chi connectivity index (χ3n) is 1.35. The third-order valence-corrected chi connectivity index (χ3v) is 1.35. The van der Waals surface area contributed by atoms with Crippen LogP contribution in [-0.2, 0) is 9.59 Å². The third kappa shape index (κ3) is 2.98. The Morgan fingerprint density at radius 2 is 2.09 bits per heavy atom. The Hall–Kier alpha value is -1.12. The van der Waals surface area contributed by atoms with Gasteiger partial charge in [0.25, 0.3) is 0 Å². The number of carbonyl (C=O) groups excluding carboxylic acids is 2. The number of rotatable bonds is 5. The van der Waals surface area contributed by atoms with Crippen molar-refractivity contribution in [2.24, 2.45) is 5.92 Å². The van der Waals surface area contributed by atoms with Crippen molar-refractivity contribution < 1.29 is 9.59 Å². The molecule has 0 fully saturated rings. The predicted octanol–water partition coefficient (Wildman–Crippen LogP) is 0.781. The molecule has 3 heteroatoms. The Morgan fingerprint density at radius 1 is 1.55 bits per heavy atom. The van der Waals surface area contributed by atoms with Crippen LogP contribution in [0.4, 0.5) is 0 Å². The number of hydrogen-bond acceptors (Lipinski definition) is 2. The summed E-state index contributed by atoms with van der Waals surface area (Å²) in [5, 5.41) is 0. The average molecular weight is 153 g/mol. The van der Waals surface area contributed by atoms with Crippen molar-refractivity contribution in [1.29, 1.82) is 0 Å². The van der Waals surface area contributed by atoms with Crippen molar-refractivity contribution in [2.45, 2.75) is 12.8 Å². The molecule has 0 aromatic rings. The van der Waals surface area contributed by atoms with Crippen LogP contribution < -0.4 is 5.73 Å². The molecule has 0 spiro atoms. The zero-order valence-corrected chi connectivity index (χ0v) is 6.30. The van der Waals surface area contributed by atoms with E-state index in [1.165, 1.54) is 0 Å². The van der Waals surface area contributed by atoms with E-state index in [9.17, 15) is 9.59 Å². The van der Waals surface area contributed by atoms with Crippen LogP contribution in [0.2, 0.25) is 0 Å². The summed E-state index contributed by atoms with van der Waals surface area (Å²) < 4.78 is 0. The van der Waals surface area contributed by atoms with Crippen LogP contribution in [0.15, 0.2) is 12.7 Å². The van der Waals surface area contributed by atoms with Crippen LogP contribution in [0.1, 0.15) is 12.8 Å². The van der Waals surface area contributed by atoms with Gasteiger partial charge in [0.05, 0.1) is 0 Å². The monoisotopic (exact) mass is 153 g/mol. The average Bonchev–Trinajstić information content (AvgIpc) is 1.98. The Labute approximate surface area is 66.3 Å². The second-order valence-electron chi connectivity index (χ2n) is 2.17. The SMILES string of the molecule is [CH2]CCC(C([NH])=O)C(=O)C=C. The van der Waals surface area contributed by atoms with Crippen molar-refractivity contribution >= 4 is 11.7 Å². The minimum Gasteiger partial charge on any atom is -0.294 e. The molecule has 0 saturated carbocycles. The van der Waals surface area contributed by atoms with Gasteiger partial charge in [-0.15, -0.1) is 0 Å². The van der Waals surface area contributed by atoms with Crippen LogP contribution in [0.3, 0.4) is 0 Å². The van der Waals surface area contributed by atoms with Crippen molar-refractivity contribution in [3.05, 3.63) is 19.6 Å². The number of ketones is 1. The second-order valence-corrected chi connectivity index (χ2v) is 2.17. The molecule has 0 rings (SSSR count). The highest BCUT2D eigenvalue weighted by Gasteiger charge is 2.20. The first-order valence-corrected chi connectivity index (χ1v) is 3.34. The second kappa shape index (κ2) is 4.66. The fourth-order valence-corrected chi connectivity index (χ4v) is 0.749. The van der Waals surface area contributed by atoms with E-state index in [-0.39, 0.29) is 5.78 Å². The molecular formula is C8H11NO2. The summed E-state index contributed by atoms with van der Waals surface area (Å²) in [7, 11) is 0. The van der Waals surface area contributed by atoms with Gasteiger partial charge in [-0.05, 0) is 12.5 Å². The molecule has 3 nitrogen and oxygen atoms in total. The summed E-state index contributed by atoms with van der Waals surface area (Å²) in [5.74, 6) is -2.07. The van der Waals surface area contributed by atoms with Crippen molar-refractivity contribution in [3.63, 3.8) is 0 Å². The molecule has 0 heterocycles. The van der Waals surface area contributed by atoms with E-state index in [1.807, 2.05) is 0 Å². The molecule has 2 radical (unpaired) electrons. The molecule has 0 aliphatic rings. The van der Waals surface area contributed by atoms with E-state index in [1.54, 1.807) is 0 Å². The molecule has 1 unspecified atom stereocenters. The number of allylic oxidation sites excluding steroid dienone is 1. The maximum absolute atomic E-state index is 10.9. The summed E-state index contributed by atoms with van der Waals surface area (Å²) in [6.45, 7) is 6.74. The first kappa shape index (κ1) is 9.88. The Bertz CT molecular complexity index is 175. The lowest BCUT2D eigenvalue weighted by atomic mass is 9.98. The van der Waals surface area contributed by atoms with E-state index in [2.05, 4.69) is 13.5 Å². The van der Waals surface area contributed by atoms with Crippen LogP contribution in [0, 0.1) is 12.8 Å². The molecule has 0 aromatic heterocycles. The van der Waals surface area contributed by atoms with Gasteiger partial charge >= 0.3 is 0 Å². The Morgan fingerprint density at radius 3 is 2.36 bits per heavy atom. The van der Waals surface area contributed by atoms with Gasteiger partial charge in [-0.25, -0.2) is 0 Å². The molecule has 1 atom stereocenters. The lowest BCUT2D eigenvalue weighted by molar-refractivity contribution is -0.130. The number of nitrogens with one attached hydrogen (secondary N) is 1. The largest absolute Gasteiger partial charge is 0.294 e. The molecule has 60 valence electrons. The summed E-state index contributed by atoms with van der Waals surface area (Å²) in [6.07, 6.45) is 1.90. The Balaban J connectivity index is 4.20. The van der Waals surface area contributed by atoms with Gasteiger partial charge in [0, 0.05) is 0 Å². The zero-order chi connectivity index (χ0) is 8.85. The molecule has 0 saturated heterocycles. The standard InChI is InChI=1S/C8H11NO2/c1-3-5-6(8(9)11)7(10)4-2/h4,6,9H,1-3,5H2. The first-order valence-electron chi connectivity index (χ1n) is 3.34. The molecule has 1 amide bonds. The van der Waals surface area contributed by atoms with E-state index in [4.69, 9.17) is 5.73 Å². The van der Waals surface area contributed by atoms with Gasteiger partial charge in [-0.2, -0.15) is 0 Å². The van der Waals surface area contributed by atoms with Crippen molar-refractivity contribution in [3.8, 4) is 0 Å².